The van der Waals surface area contributed by atoms with Gasteiger partial charge >= 0.3 is 0 Å². The first-order valence-electron chi connectivity index (χ1n) is 11.0. The Bertz CT molecular complexity index is 1340. The van der Waals surface area contributed by atoms with Gasteiger partial charge in [0.25, 0.3) is 11.5 Å². The second kappa shape index (κ2) is 10.1. The Balaban J connectivity index is 1.76. The summed E-state index contributed by atoms with van der Waals surface area (Å²) in [6, 6.07) is 11.3. The number of hydrogen-bond donors (Lipinski definition) is 2. The quantitative estimate of drug-likeness (QED) is 0.381. The third-order valence-corrected chi connectivity index (χ3v) is 7.13. The zero-order valence-corrected chi connectivity index (χ0v) is 20.9. The number of nitrogens with zero attached hydrogens (tertiary/aromatic N) is 3. The summed E-state index contributed by atoms with van der Waals surface area (Å²) in [6.45, 7) is 6.08. The zero-order valence-electron chi connectivity index (χ0n) is 19.2. The van der Waals surface area contributed by atoms with E-state index < -0.39 is 0 Å². The highest BCUT2D eigenvalue weighted by Crippen LogP contribution is 2.34. The molecule has 0 aliphatic carbocycles. The molecule has 1 amide bonds. The van der Waals surface area contributed by atoms with Gasteiger partial charge < -0.3 is 10.4 Å². The number of carbonyl (C=O) groups excluding carboxylic acids is 1. The van der Waals surface area contributed by atoms with Crippen molar-refractivity contribution in [1.82, 2.24) is 14.3 Å². The lowest BCUT2D eigenvalue weighted by Gasteiger charge is -2.18. The van der Waals surface area contributed by atoms with Crippen LogP contribution in [0.1, 0.15) is 35.6 Å². The molecule has 1 aliphatic heterocycles. The van der Waals surface area contributed by atoms with Crippen LogP contribution in [-0.2, 0) is 11.3 Å². The molecule has 3 aromatic rings. The summed E-state index contributed by atoms with van der Waals surface area (Å²) in [5, 5.41) is 12.9. The predicted octanol–water partition coefficient (Wildman–Crippen LogP) is 3.90. The van der Waals surface area contributed by atoms with E-state index in [1.807, 2.05) is 51.1 Å². The molecular weight excluding hydrogens is 468 g/mol. The van der Waals surface area contributed by atoms with Gasteiger partial charge in [-0.1, -0.05) is 66.8 Å². The molecule has 2 N–H and O–H groups in total. The van der Waals surface area contributed by atoms with Crippen LogP contribution in [0.2, 0.25) is 0 Å². The van der Waals surface area contributed by atoms with Gasteiger partial charge in [-0.2, -0.15) is 0 Å². The van der Waals surface area contributed by atoms with E-state index in [0.29, 0.717) is 33.7 Å². The molecular formula is C25H26N4O3S2. The van der Waals surface area contributed by atoms with E-state index in [0.717, 1.165) is 16.7 Å². The molecule has 1 aliphatic rings. The fraction of sp³-hybridized carbons (Fsp3) is 0.280. The van der Waals surface area contributed by atoms with Gasteiger partial charge in [0.2, 0.25) is 0 Å². The van der Waals surface area contributed by atoms with Gasteiger partial charge in [-0.05, 0) is 43.5 Å². The average molecular weight is 495 g/mol. The Morgan fingerprint density at radius 1 is 1.21 bits per heavy atom. The summed E-state index contributed by atoms with van der Waals surface area (Å²) in [5.41, 5.74) is 3.44. The number of hydrogen-bond acceptors (Lipinski definition) is 7. The molecule has 176 valence electrons. The van der Waals surface area contributed by atoms with Crippen LogP contribution >= 0.6 is 24.0 Å². The Morgan fingerprint density at radius 2 is 1.94 bits per heavy atom. The Hall–Kier alpha value is -3.01. The number of anilines is 1. The van der Waals surface area contributed by atoms with Gasteiger partial charge in [0.15, 0.2) is 0 Å². The number of benzene rings is 1. The molecule has 3 heterocycles. The van der Waals surface area contributed by atoms with Gasteiger partial charge in [-0.15, -0.1) is 0 Å². The molecule has 1 saturated heterocycles. The lowest BCUT2D eigenvalue weighted by atomic mass is 10.1. The van der Waals surface area contributed by atoms with Crippen LogP contribution in [0.5, 0.6) is 0 Å². The first-order valence-corrected chi connectivity index (χ1v) is 12.2. The molecule has 7 nitrogen and oxygen atoms in total. The molecule has 0 spiro atoms. The zero-order chi connectivity index (χ0) is 24.4. The fourth-order valence-corrected chi connectivity index (χ4v) is 4.90. The minimum Gasteiger partial charge on any atom is -0.394 e. The van der Waals surface area contributed by atoms with Crippen molar-refractivity contribution in [2.75, 3.05) is 11.9 Å². The highest BCUT2D eigenvalue weighted by Gasteiger charge is 2.32. The normalized spacial score (nSPS) is 16.0. The second-order valence-corrected chi connectivity index (χ2v) is 9.93. The molecule has 9 heteroatoms. The first kappa shape index (κ1) is 24.1. The van der Waals surface area contributed by atoms with Gasteiger partial charge in [0.05, 0.1) is 29.7 Å². The molecule has 1 fully saturated rings. The molecule has 0 radical (unpaired) electrons. The predicted molar refractivity (Wildman–Crippen MR) is 141 cm³/mol. The third-order valence-electron chi connectivity index (χ3n) is 5.75. The standard InChI is InChI=1S/C25H26N4O3S2/c1-4-18(14-30)26-21-19(23(31)28-11-5-6-16(3)22(28)27-21)12-20-24(32)29(25(33)34-20)13-17-9-7-15(2)8-10-17/h5-12,18,26,30H,4,13-14H2,1-3H3/b20-12-/t18-/m1/s1. The van der Waals surface area contributed by atoms with Crippen LogP contribution in [0.3, 0.4) is 0 Å². The van der Waals surface area contributed by atoms with Gasteiger partial charge in [0, 0.05) is 6.20 Å². The number of thioether (sulfide) groups is 1. The van der Waals surface area contributed by atoms with Crippen molar-refractivity contribution < 1.29 is 9.90 Å². The lowest BCUT2D eigenvalue weighted by molar-refractivity contribution is -0.122. The van der Waals surface area contributed by atoms with Crippen molar-refractivity contribution in [3.63, 3.8) is 0 Å². The van der Waals surface area contributed by atoms with Crippen LogP contribution in [0, 0.1) is 13.8 Å². The number of aliphatic hydroxyl groups is 1. The minimum absolute atomic E-state index is 0.108. The van der Waals surface area contributed by atoms with E-state index in [2.05, 4.69) is 10.3 Å². The van der Waals surface area contributed by atoms with Crippen molar-refractivity contribution in [3.05, 3.63) is 80.1 Å². The molecule has 0 unspecified atom stereocenters. The number of aryl methyl sites for hydroxylation is 2. The lowest BCUT2D eigenvalue weighted by Crippen LogP contribution is -2.28. The Morgan fingerprint density at radius 3 is 2.62 bits per heavy atom. The van der Waals surface area contributed by atoms with Crippen molar-refractivity contribution in [1.29, 1.82) is 0 Å². The Labute approximate surface area is 207 Å². The number of carbonyl (C=O) groups is 1. The number of amides is 1. The number of aromatic nitrogens is 2. The van der Waals surface area contributed by atoms with Crippen molar-refractivity contribution in [3.8, 4) is 0 Å². The van der Waals surface area contributed by atoms with E-state index in [9.17, 15) is 14.7 Å². The minimum atomic E-state index is -0.298. The van der Waals surface area contributed by atoms with E-state index in [4.69, 9.17) is 12.2 Å². The number of pyridine rings is 1. The third kappa shape index (κ3) is 4.77. The number of nitrogens with one attached hydrogen (secondary N) is 1. The highest BCUT2D eigenvalue weighted by atomic mass is 32.2. The van der Waals surface area contributed by atoms with Crippen LogP contribution in [0.15, 0.2) is 52.3 Å². The van der Waals surface area contributed by atoms with Crippen molar-refractivity contribution >= 4 is 51.7 Å². The van der Waals surface area contributed by atoms with E-state index in [1.54, 1.807) is 23.2 Å². The summed E-state index contributed by atoms with van der Waals surface area (Å²) in [5.74, 6) is 0.0912. The SMILES string of the molecule is CC[C@H](CO)Nc1nc2c(C)cccn2c(=O)c1/C=C1\SC(=S)N(Cc2ccc(C)cc2)C1=O. The molecule has 34 heavy (non-hydrogen) atoms. The average Bonchev–Trinajstić information content (AvgIpc) is 3.09. The van der Waals surface area contributed by atoms with Crippen LogP contribution in [-0.4, -0.2) is 42.3 Å². The van der Waals surface area contributed by atoms with E-state index >= 15 is 0 Å². The molecule has 2 aromatic heterocycles. The molecule has 4 rings (SSSR count). The smallest absolute Gasteiger partial charge is 0.267 e. The number of aliphatic hydroxyl groups excluding tert-OH is 1. The maximum absolute atomic E-state index is 13.4. The number of fused-ring (bicyclic) bond motifs is 1. The summed E-state index contributed by atoms with van der Waals surface area (Å²) in [7, 11) is 0. The molecule has 1 atom stereocenters. The van der Waals surface area contributed by atoms with Crippen LogP contribution in [0.25, 0.3) is 11.7 Å². The van der Waals surface area contributed by atoms with Crippen molar-refractivity contribution in [2.45, 2.75) is 39.8 Å². The molecule has 1 aromatic carbocycles. The second-order valence-electron chi connectivity index (χ2n) is 8.25. The monoisotopic (exact) mass is 494 g/mol. The van der Waals surface area contributed by atoms with Gasteiger partial charge in [-0.3, -0.25) is 18.9 Å². The molecule has 0 saturated carbocycles. The largest absolute Gasteiger partial charge is 0.394 e. The topological polar surface area (TPSA) is 86.9 Å². The maximum atomic E-state index is 13.4. The molecule has 0 bridgehead atoms. The van der Waals surface area contributed by atoms with Crippen molar-refractivity contribution in [2.24, 2.45) is 0 Å². The first-order chi connectivity index (χ1) is 16.3. The highest BCUT2D eigenvalue weighted by molar-refractivity contribution is 8.26. The van der Waals surface area contributed by atoms with Crippen LogP contribution in [0.4, 0.5) is 5.82 Å². The van der Waals surface area contributed by atoms with E-state index in [1.165, 1.54) is 16.2 Å². The van der Waals surface area contributed by atoms with Gasteiger partial charge in [-0.25, -0.2) is 4.98 Å². The Kier molecular flexibility index (Phi) is 7.16. The number of rotatable bonds is 7. The summed E-state index contributed by atoms with van der Waals surface area (Å²) in [6.07, 6.45) is 3.86. The summed E-state index contributed by atoms with van der Waals surface area (Å²) >= 11 is 6.65. The summed E-state index contributed by atoms with van der Waals surface area (Å²) in [4.78, 5) is 33.3. The summed E-state index contributed by atoms with van der Waals surface area (Å²) < 4.78 is 1.91. The van der Waals surface area contributed by atoms with Gasteiger partial charge in [0.1, 0.15) is 15.8 Å². The fourth-order valence-electron chi connectivity index (χ4n) is 3.67. The van der Waals surface area contributed by atoms with E-state index in [-0.39, 0.29) is 29.7 Å². The maximum Gasteiger partial charge on any atom is 0.267 e. The van der Waals surface area contributed by atoms with Crippen LogP contribution < -0.4 is 10.9 Å². The number of thiocarbonyl (C=S) groups is 1.